The summed E-state index contributed by atoms with van der Waals surface area (Å²) in [6.45, 7) is 8.08. The number of allylic oxidation sites excluding steroid dienone is 3. The van der Waals surface area contributed by atoms with E-state index >= 15 is 0 Å². The van der Waals surface area contributed by atoms with Gasteiger partial charge in [-0.15, -0.1) is 0 Å². The van der Waals surface area contributed by atoms with Crippen LogP contribution in [0.3, 0.4) is 0 Å². The molecule has 0 aromatic carbocycles. The summed E-state index contributed by atoms with van der Waals surface area (Å²) in [5.74, 6) is 0.404. The van der Waals surface area contributed by atoms with Gasteiger partial charge in [0.25, 0.3) is 0 Å². The largest absolute Gasteiger partial charge is 0.405 e. The maximum absolute atomic E-state index is 5.56. The van der Waals surface area contributed by atoms with Crippen molar-refractivity contribution in [3.63, 3.8) is 0 Å². The Kier molecular flexibility index (Phi) is 10.5. The molecule has 66 valence electrons. The molecule has 0 unspecified atom stereocenters. The highest BCUT2D eigenvalue weighted by molar-refractivity contribution is 5.09. The third-order valence-corrected chi connectivity index (χ3v) is 1.07. The Morgan fingerprint density at radius 3 is 2.00 bits per heavy atom. The maximum Gasteiger partial charge on any atom is 0.0107 e. The Balaban J connectivity index is 0. The van der Waals surface area contributed by atoms with Gasteiger partial charge in [0.05, 0.1) is 0 Å². The Morgan fingerprint density at radius 2 is 1.73 bits per heavy atom. The topological polar surface area (TPSA) is 52.0 Å². The predicted molar refractivity (Wildman–Crippen MR) is 51.8 cm³/mol. The monoisotopic (exact) mass is 156 g/mol. The summed E-state index contributed by atoms with van der Waals surface area (Å²) >= 11 is 0. The molecule has 2 nitrogen and oxygen atoms in total. The van der Waals surface area contributed by atoms with E-state index in [-0.39, 0.29) is 0 Å². The van der Waals surface area contributed by atoms with E-state index in [2.05, 4.69) is 0 Å². The zero-order chi connectivity index (χ0) is 9.28. The summed E-state index contributed by atoms with van der Waals surface area (Å²) in [6, 6.07) is 0. The van der Waals surface area contributed by atoms with Crippen LogP contribution in [0.1, 0.15) is 27.7 Å². The van der Waals surface area contributed by atoms with Gasteiger partial charge >= 0.3 is 0 Å². The van der Waals surface area contributed by atoms with Crippen LogP contribution in [0.2, 0.25) is 0 Å². The van der Waals surface area contributed by atoms with Crippen molar-refractivity contribution in [3.8, 4) is 0 Å². The van der Waals surface area contributed by atoms with Crippen molar-refractivity contribution in [2.45, 2.75) is 27.7 Å². The van der Waals surface area contributed by atoms with E-state index in [0.29, 0.717) is 5.92 Å². The van der Waals surface area contributed by atoms with Gasteiger partial charge in [0.1, 0.15) is 0 Å². The van der Waals surface area contributed by atoms with Crippen LogP contribution < -0.4 is 11.5 Å². The molecule has 0 rings (SSSR count). The SMILES string of the molecule is CC.CC(C)/C(N)=C/C=C\N. The summed E-state index contributed by atoms with van der Waals surface area (Å²) in [5, 5.41) is 0. The van der Waals surface area contributed by atoms with Crippen LogP contribution in [-0.4, -0.2) is 0 Å². The van der Waals surface area contributed by atoms with Gasteiger partial charge in [-0.05, 0) is 24.3 Å². The minimum atomic E-state index is 0.404. The van der Waals surface area contributed by atoms with Crippen molar-refractivity contribution < 1.29 is 0 Å². The van der Waals surface area contributed by atoms with Gasteiger partial charge in [-0.25, -0.2) is 0 Å². The molecule has 0 aromatic rings. The van der Waals surface area contributed by atoms with Gasteiger partial charge in [-0.1, -0.05) is 27.7 Å². The molecular formula is C9H20N2. The van der Waals surface area contributed by atoms with Gasteiger partial charge < -0.3 is 11.5 Å². The molecule has 0 radical (unpaired) electrons. The van der Waals surface area contributed by atoms with Gasteiger partial charge in [0.15, 0.2) is 0 Å². The van der Waals surface area contributed by atoms with Crippen LogP contribution >= 0.6 is 0 Å². The summed E-state index contributed by atoms with van der Waals surface area (Å²) in [6.07, 6.45) is 5.01. The first-order valence-corrected chi connectivity index (χ1v) is 4.02. The van der Waals surface area contributed by atoms with Crippen LogP contribution in [0, 0.1) is 5.92 Å². The van der Waals surface area contributed by atoms with E-state index in [1.807, 2.05) is 33.8 Å². The van der Waals surface area contributed by atoms with E-state index in [1.165, 1.54) is 6.20 Å². The van der Waals surface area contributed by atoms with Crippen molar-refractivity contribution in [1.82, 2.24) is 0 Å². The lowest BCUT2D eigenvalue weighted by Gasteiger charge is -2.01. The normalized spacial score (nSPS) is 11.5. The fourth-order valence-corrected chi connectivity index (χ4v) is 0.359. The summed E-state index contributed by atoms with van der Waals surface area (Å²) < 4.78 is 0. The molecule has 0 aliphatic carbocycles. The standard InChI is InChI=1S/C7H14N2.C2H6/c1-6(2)7(9)4-3-5-8;1-2/h3-6H,8-9H2,1-2H3;1-2H3/b5-3-,7-4-;. The smallest absolute Gasteiger partial charge is 0.0107 e. The van der Waals surface area contributed by atoms with Crippen molar-refractivity contribution in [2.24, 2.45) is 17.4 Å². The number of hydrogen-bond donors (Lipinski definition) is 2. The summed E-state index contributed by atoms with van der Waals surface area (Å²) in [7, 11) is 0. The van der Waals surface area contributed by atoms with Gasteiger partial charge in [-0.2, -0.15) is 0 Å². The Labute approximate surface area is 70.0 Å². The number of rotatable bonds is 2. The summed E-state index contributed by atoms with van der Waals surface area (Å²) in [5.41, 5.74) is 11.5. The average Bonchev–Trinajstić information content (AvgIpc) is 2.03. The molecule has 0 bridgehead atoms. The molecular weight excluding hydrogens is 136 g/mol. The first-order chi connectivity index (χ1) is 5.18. The fourth-order valence-electron chi connectivity index (χ4n) is 0.359. The van der Waals surface area contributed by atoms with Crippen molar-refractivity contribution in [1.29, 1.82) is 0 Å². The van der Waals surface area contributed by atoms with Crippen LogP contribution in [0.5, 0.6) is 0 Å². The first-order valence-electron chi connectivity index (χ1n) is 4.02. The Morgan fingerprint density at radius 1 is 1.27 bits per heavy atom. The highest BCUT2D eigenvalue weighted by atomic mass is 14.6. The van der Waals surface area contributed by atoms with E-state index in [4.69, 9.17) is 11.5 Å². The Bertz CT molecular complexity index is 124. The summed E-state index contributed by atoms with van der Waals surface area (Å²) in [4.78, 5) is 0. The quantitative estimate of drug-likeness (QED) is 0.601. The molecule has 0 aromatic heterocycles. The zero-order valence-corrected chi connectivity index (χ0v) is 7.96. The lowest BCUT2D eigenvalue weighted by atomic mass is 10.1. The molecule has 0 amide bonds. The Hall–Kier alpha value is -0.920. The first kappa shape index (κ1) is 12.7. The second-order valence-electron chi connectivity index (χ2n) is 2.21. The highest BCUT2D eigenvalue weighted by Gasteiger charge is 1.92. The molecule has 0 spiro atoms. The third-order valence-electron chi connectivity index (χ3n) is 1.07. The number of nitrogens with two attached hydrogens (primary N) is 2. The molecule has 0 atom stereocenters. The van der Waals surface area contributed by atoms with E-state index in [0.717, 1.165) is 5.70 Å². The van der Waals surface area contributed by atoms with Crippen molar-refractivity contribution in [2.75, 3.05) is 0 Å². The molecule has 0 aliphatic rings. The second-order valence-corrected chi connectivity index (χ2v) is 2.21. The number of hydrogen-bond acceptors (Lipinski definition) is 2. The predicted octanol–water partition coefficient (Wildman–Crippen LogP) is 1.98. The second kappa shape index (κ2) is 9.08. The van der Waals surface area contributed by atoms with Crippen LogP contribution in [0.25, 0.3) is 0 Å². The molecule has 11 heavy (non-hydrogen) atoms. The van der Waals surface area contributed by atoms with Gasteiger partial charge in [0, 0.05) is 5.70 Å². The van der Waals surface area contributed by atoms with E-state index < -0.39 is 0 Å². The highest BCUT2D eigenvalue weighted by Crippen LogP contribution is 2.00. The van der Waals surface area contributed by atoms with Crippen LogP contribution in [-0.2, 0) is 0 Å². The molecule has 2 heteroatoms. The lowest BCUT2D eigenvalue weighted by molar-refractivity contribution is 0.757. The lowest BCUT2D eigenvalue weighted by Crippen LogP contribution is -2.03. The van der Waals surface area contributed by atoms with Crippen LogP contribution in [0.15, 0.2) is 24.0 Å². The van der Waals surface area contributed by atoms with E-state index in [9.17, 15) is 0 Å². The zero-order valence-electron chi connectivity index (χ0n) is 7.96. The molecule has 0 saturated heterocycles. The molecule has 0 saturated carbocycles. The molecule has 4 N–H and O–H groups in total. The van der Waals surface area contributed by atoms with Crippen molar-refractivity contribution >= 4 is 0 Å². The minimum absolute atomic E-state index is 0.404. The molecule has 0 heterocycles. The minimum Gasteiger partial charge on any atom is -0.405 e. The molecule has 0 fully saturated rings. The van der Waals surface area contributed by atoms with Crippen molar-refractivity contribution in [3.05, 3.63) is 24.0 Å². The van der Waals surface area contributed by atoms with Gasteiger partial charge in [-0.3, -0.25) is 0 Å². The van der Waals surface area contributed by atoms with E-state index in [1.54, 1.807) is 6.08 Å². The van der Waals surface area contributed by atoms with Crippen LogP contribution in [0.4, 0.5) is 0 Å². The fraction of sp³-hybridized carbons (Fsp3) is 0.556. The van der Waals surface area contributed by atoms with Gasteiger partial charge in [0.2, 0.25) is 0 Å². The average molecular weight is 156 g/mol. The maximum atomic E-state index is 5.56. The molecule has 0 aliphatic heterocycles. The third kappa shape index (κ3) is 9.08.